The summed E-state index contributed by atoms with van der Waals surface area (Å²) < 4.78 is 48.7. The van der Waals surface area contributed by atoms with Crippen LogP contribution in [0.25, 0.3) is 0 Å². The molecule has 33 heavy (non-hydrogen) atoms. The molecule has 3 aromatic rings. The lowest BCUT2D eigenvalue weighted by atomic mass is 9.93. The second kappa shape index (κ2) is 9.43. The fourth-order valence-corrected chi connectivity index (χ4v) is 3.83. The van der Waals surface area contributed by atoms with E-state index in [1.165, 1.54) is 23.1 Å². The van der Waals surface area contributed by atoms with Crippen LogP contribution in [0.15, 0.2) is 60.7 Å². The Labute approximate surface area is 190 Å². The fraction of sp³-hybridized carbons (Fsp3) is 0.280. The van der Waals surface area contributed by atoms with Crippen LogP contribution in [0.2, 0.25) is 0 Å². The van der Waals surface area contributed by atoms with Crippen LogP contribution >= 0.6 is 0 Å². The molecular weight excluding hydrogens is 433 g/mol. The highest BCUT2D eigenvalue weighted by atomic mass is 19.2. The predicted octanol–water partition coefficient (Wildman–Crippen LogP) is 4.53. The first-order valence-corrected chi connectivity index (χ1v) is 10.7. The number of benzene rings is 3. The first-order chi connectivity index (χ1) is 15.8. The number of aliphatic hydroxyl groups is 2. The number of halogens is 3. The van der Waals surface area contributed by atoms with Gasteiger partial charge in [0.05, 0.1) is 11.4 Å². The molecule has 174 valence electrons. The molecule has 0 bridgehead atoms. The van der Waals surface area contributed by atoms with Crippen molar-refractivity contribution in [3.05, 3.63) is 89.2 Å². The van der Waals surface area contributed by atoms with Crippen molar-refractivity contribution in [1.82, 2.24) is 4.90 Å². The van der Waals surface area contributed by atoms with Crippen molar-refractivity contribution in [3.63, 3.8) is 0 Å². The highest BCUT2D eigenvalue weighted by molar-refractivity contribution is 5.65. The molecule has 8 heteroatoms. The van der Waals surface area contributed by atoms with E-state index in [0.29, 0.717) is 12.2 Å². The molecule has 1 atom stereocenters. The van der Waals surface area contributed by atoms with Gasteiger partial charge in [0.25, 0.3) is 0 Å². The molecule has 1 fully saturated rings. The summed E-state index contributed by atoms with van der Waals surface area (Å²) in [6, 6.07) is 15.6. The molecule has 5 nitrogen and oxygen atoms in total. The number of hydrogen-bond acceptors (Lipinski definition) is 5. The number of β-amino-alcohol motifs (C(OH)–C–C–N with tert-alkyl or cyclic N) is 1. The fourth-order valence-electron chi connectivity index (χ4n) is 3.83. The molecule has 1 unspecified atom stereocenters. The Morgan fingerprint density at radius 2 is 1.76 bits per heavy atom. The lowest BCUT2D eigenvalue weighted by Crippen LogP contribution is -2.65. The van der Waals surface area contributed by atoms with Crippen LogP contribution in [0.5, 0.6) is 5.75 Å². The summed E-state index contributed by atoms with van der Waals surface area (Å²) in [5.41, 5.74) is -0.817. The first-order valence-electron chi connectivity index (χ1n) is 10.7. The molecule has 0 radical (unpaired) electrons. The molecule has 1 aliphatic heterocycles. The standard InChI is InChI=1S/C25H25F3N2O3/c1-2-16-8-11-21(20(27)12-16)29-23-18(9-10-19(26)22(23)28)24(31)30-13-25(32,14-30)15-33-17-6-4-3-5-7-17/h3-12,24,29,31-32H,2,13-15H2,1H3. The van der Waals surface area contributed by atoms with Crippen LogP contribution in [0.1, 0.15) is 24.3 Å². The maximum absolute atomic E-state index is 14.7. The van der Waals surface area contributed by atoms with Crippen molar-refractivity contribution < 1.29 is 28.1 Å². The van der Waals surface area contributed by atoms with Gasteiger partial charge < -0.3 is 20.3 Å². The maximum Gasteiger partial charge on any atom is 0.182 e. The Morgan fingerprint density at radius 3 is 2.42 bits per heavy atom. The second-order valence-electron chi connectivity index (χ2n) is 8.22. The Bertz CT molecular complexity index is 1120. The van der Waals surface area contributed by atoms with Gasteiger partial charge in [0.15, 0.2) is 11.6 Å². The topological polar surface area (TPSA) is 65.0 Å². The van der Waals surface area contributed by atoms with Gasteiger partial charge in [0.1, 0.15) is 30.0 Å². The number of rotatable bonds is 8. The van der Waals surface area contributed by atoms with Crippen LogP contribution in [-0.4, -0.2) is 40.4 Å². The number of likely N-dealkylation sites (tertiary alicyclic amines) is 1. The summed E-state index contributed by atoms with van der Waals surface area (Å²) in [6.45, 7) is 2.00. The van der Waals surface area contributed by atoms with Crippen molar-refractivity contribution >= 4 is 11.4 Å². The number of anilines is 2. The monoisotopic (exact) mass is 458 g/mol. The third-order valence-corrected chi connectivity index (χ3v) is 5.70. The van der Waals surface area contributed by atoms with Crippen molar-refractivity contribution in [2.24, 2.45) is 0 Å². The summed E-state index contributed by atoms with van der Waals surface area (Å²) in [6.07, 6.45) is -0.723. The molecule has 0 spiro atoms. The van der Waals surface area contributed by atoms with Crippen LogP contribution in [-0.2, 0) is 6.42 Å². The normalized spacial score (nSPS) is 16.2. The highest BCUT2D eigenvalue weighted by Gasteiger charge is 2.45. The molecule has 1 aliphatic rings. The van der Waals surface area contributed by atoms with Crippen molar-refractivity contribution in [2.75, 3.05) is 25.0 Å². The number of aryl methyl sites for hydroxylation is 1. The summed E-state index contributed by atoms with van der Waals surface area (Å²) >= 11 is 0. The van der Waals surface area contributed by atoms with E-state index in [9.17, 15) is 23.4 Å². The van der Waals surface area contributed by atoms with E-state index >= 15 is 0 Å². The number of ether oxygens (including phenoxy) is 1. The van der Waals surface area contributed by atoms with Gasteiger partial charge in [-0.2, -0.15) is 0 Å². The smallest absolute Gasteiger partial charge is 0.182 e. The number of nitrogens with one attached hydrogen (secondary N) is 1. The highest BCUT2D eigenvalue weighted by Crippen LogP contribution is 2.37. The lowest BCUT2D eigenvalue weighted by molar-refractivity contribution is -0.174. The molecule has 0 amide bonds. The van der Waals surface area contributed by atoms with Crippen molar-refractivity contribution in [2.45, 2.75) is 25.2 Å². The van der Waals surface area contributed by atoms with Gasteiger partial charge in [-0.25, -0.2) is 13.2 Å². The maximum atomic E-state index is 14.7. The zero-order valence-electron chi connectivity index (χ0n) is 18.1. The minimum absolute atomic E-state index is 0.0120. The van der Waals surface area contributed by atoms with Crippen LogP contribution in [0.3, 0.4) is 0 Å². The summed E-state index contributed by atoms with van der Waals surface area (Å²) in [5.74, 6) is -2.37. The van der Waals surface area contributed by atoms with Gasteiger partial charge in [-0.05, 0) is 48.4 Å². The Hall–Kier alpha value is -3.07. The molecule has 4 rings (SSSR count). The largest absolute Gasteiger partial charge is 0.490 e. The van der Waals surface area contributed by atoms with Crippen LogP contribution < -0.4 is 10.1 Å². The molecule has 1 heterocycles. The van der Waals surface area contributed by atoms with Crippen molar-refractivity contribution in [3.8, 4) is 5.75 Å². The molecule has 0 saturated carbocycles. The number of aliphatic hydroxyl groups excluding tert-OH is 1. The number of hydrogen-bond donors (Lipinski definition) is 3. The zero-order chi connectivity index (χ0) is 23.6. The van der Waals surface area contributed by atoms with E-state index in [1.54, 1.807) is 18.2 Å². The van der Waals surface area contributed by atoms with Gasteiger partial charge in [-0.15, -0.1) is 0 Å². The van der Waals surface area contributed by atoms with E-state index in [2.05, 4.69) is 5.32 Å². The van der Waals surface area contributed by atoms with Crippen molar-refractivity contribution in [1.29, 1.82) is 0 Å². The minimum atomic E-state index is -1.35. The SMILES string of the molecule is CCc1ccc(Nc2c(C(O)N3CC(O)(COc4ccccc4)C3)ccc(F)c2F)c(F)c1. The first kappa shape index (κ1) is 23.1. The summed E-state index contributed by atoms with van der Waals surface area (Å²) in [7, 11) is 0. The third kappa shape index (κ3) is 4.98. The molecule has 0 aliphatic carbocycles. The minimum Gasteiger partial charge on any atom is -0.490 e. The van der Waals surface area contributed by atoms with Crippen LogP contribution in [0, 0.1) is 17.5 Å². The Balaban J connectivity index is 1.49. The average molecular weight is 458 g/mol. The number of para-hydroxylation sites is 1. The van der Waals surface area contributed by atoms with Crippen LogP contribution in [0.4, 0.5) is 24.5 Å². The van der Waals surface area contributed by atoms with Gasteiger partial charge in [0, 0.05) is 18.7 Å². The molecular formula is C25H25F3N2O3. The Morgan fingerprint density at radius 1 is 1.03 bits per heavy atom. The average Bonchev–Trinajstić information content (AvgIpc) is 2.80. The molecule has 3 N–H and O–H groups in total. The second-order valence-corrected chi connectivity index (χ2v) is 8.22. The zero-order valence-corrected chi connectivity index (χ0v) is 18.1. The van der Waals surface area contributed by atoms with E-state index in [-0.39, 0.29) is 36.6 Å². The van der Waals surface area contributed by atoms with E-state index in [0.717, 1.165) is 11.6 Å². The number of nitrogens with zero attached hydrogens (tertiary/aromatic N) is 1. The third-order valence-electron chi connectivity index (χ3n) is 5.70. The van der Waals surface area contributed by atoms with E-state index in [4.69, 9.17) is 4.74 Å². The quantitative estimate of drug-likeness (QED) is 0.463. The lowest BCUT2D eigenvalue weighted by Gasteiger charge is -2.48. The summed E-state index contributed by atoms with van der Waals surface area (Å²) in [4.78, 5) is 1.49. The van der Waals surface area contributed by atoms with E-state index in [1.807, 2.05) is 25.1 Å². The molecule has 3 aromatic carbocycles. The van der Waals surface area contributed by atoms with E-state index < -0.39 is 29.3 Å². The van der Waals surface area contributed by atoms with Gasteiger partial charge in [0.2, 0.25) is 0 Å². The van der Waals surface area contributed by atoms with Gasteiger partial charge in [-0.3, -0.25) is 4.90 Å². The molecule has 0 aromatic heterocycles. The summed E-state index contributed by atoms with van der Waals surface area (Å²) in [5, 5.41) is 24.1. The predicted molar refractivity (Wildman–Crippen MR) is 119 cm³/mol. The Kier molecular flexibility index (Phi) is 6.60. The van der Waals surface area contributed by atoms with Gasteiger partial charge in [-0.1, -0.05) is 31.2 Å². The molecule has 1 saturated heterocycles. The van der Waals surface area contributed by atoms with Gasteiger partial charge >= 0.3 is 0 Å².